The number of amides is 3. The molecule has 7 nitrogen and oxygen atoms in total. The topological polar surface area (TPSA) is 87.7 Å². The Bertz CT molecular complexity index is 1290. The molecule has 1 fully saturated rings. The normalized spacial score (nSPS) is 15.0. The van der Waals surface area contributed by atoms with Crippen molar-refractivity contribution in [2.24, 2.45) is 5.92 Å². The van der Waals surface area contributed by atoms with Crippen molar-refractivity contribution in [2.75, 3.05) is 23.4 Å². The van der Waals surface area contributed by atoms with Gasteiger partial charge in [-0.05, 0) is 59.5 Å². The molecule has 0 radical (unpaired) electrons. The molecule has 3 amide bonds. The Morgan fingerprint density at radius 2 is 1.66 bits per heavy atom. The van der Waals surface area contributed by atoms with Gasteiger partial charge in [-0.2, -0.15) is 0 Å². The fourth-order valence-electron chi connectivity index (χ4n) is 4.18. The minimum Gasteiger partial charge on any atom is -0.484 e. The summed E-state index contributed by atoms with van der Waals surface area (Å²) in [4.78, 5) is 39.2. The van der Waals surface area contributed by atoms with Crippen LogP contribution in [0.2, 0.25) is 10.0 Å². The van der Waals surface area contributed by atoms with Crippen LogP contribution in [-0.4, -0.2) is 30.9 Å². The van der Waals surface area contributed by atoms with Crippen LogP contribution in [0.5, 0.6) is 5.75 Å². The largest absolute Gasteiger partial charge is 0.484 e. The Labute approximate surface area is 232 Å². The first-order valence-electron chi connectivity index (χ1n) is 12.3. The van der Waals surface area contributed by atoms with Gasteiger partial charge >= 0.3 is 0 Å². The minimum atomic E-state index is -0.419. The maximum Gasteiger partial charge on any atom is 0.262 e. The van der Waals surface area contributed by atoms with E-state index in [2.05, 4.69) is 36.6 Å². The number of ether oxygens (including phenoxy) is 1. The van der Waals surface area contributed by atoms with Gasteiger partial charge in [0.25, 0.3) is 5.91 Å². The molecule has 0 unspecified atom stereocenters. The highest BCUT2D eigenvalue weighted by Gasteiger charge is 2.35. The van der Waals surface area contributed by atoms with Crippen molar-refractivity contribution >= 4 is 52.3 Å². The lowest BCUT2D eigenvalue weighted by Gasteiger charge is -2.17. The molecule has 0 spiro atoms. The third-order valence-corrected chi connectivity index (χ3v) is 6.71. The van der Waals surface area contributed by atoms with Crippen LogP contribution in [0, 0.1) is 5.92 Å². The molecule has 3 aromatic rings. The average Bonchev–Trinajstić information content (AvgIpc) is 3.27. The first-order valence-corrected chi connectivity index (χ1v) is 13.1. The van der Waals surface area contributed by atoms with Gasteiger partial charge in [-0.15, -0.1) is 0 Å². The molecule has 1 heterocycles. The van der Waals surface area contributed by atoms with Crippen LogP contribution in [0.4, 0.5) is 11.4 Å². The molecular formula is C29H29Cl2N3O4. The lowest BCUT2D eigenvalue weighted by Crippen LogP contribution is -2.32. The van der Waals surface area contributed by atoms with Crippen molar-refractivity contribution in [1.29, 1.82) is 0 Å². The van der Waals surface area contributed by atoms with Crippen molar-refractivity contribution in [2.45, 2.75) is 32.7 Å². The molecule has 1 aliphatic rings. The second kappa shape index (κ2) is 12.3. The van der Waals surface area contributed by atoms with Crippen LogP contribution in [0.15, 0.2) is 66.7 Å². The van der Waals surface area contributed by atoms with Crippen LogP contribution in [0.25, 0.3) is 0 Å². The standard InChI is InChI=1S/C29H29Cl2N3O4/c1-18(2)20-5-3-19(4-6-20)15-32-29(37)21-11-28(36)34(16-21)25-7-9-26(10-8-25)38-17-27(35)33-24-13-22(30)12-23(31)14-24/h3-10,12-14,18,21H,11,15-17H2,1-2H3,(H,32,37)(H,33,35)/t21-/m0/s1. The van der Waals surface area contributed by atoms with E-state index in [0.717, 1.165) is 5.56 Å². The number of nitrogens with zero attached hydrogens (tertiary/aromatic N) is 1. The van der Waals surface area contributed by atoms with Crippen molar-refractivity contribution in [3.05, 3.63) is 87.9 Å². The summed E-state index contributed by atoms with van der Waals surface area (Å²) in [7, 11) is 0. The maximum absolute atomic E-state index is 12.7. The average molecular weight is 554 g/mol. The molecule has 1 atom stereocenters. The lowest BCUT2D eigenvalue weighted by atomic mass is 10.0. The van der Waals surface area contributed by atoms with Crippen molar-refractivity contribution in [3.8, 4) is 5.75 Å². The van der Waals surface area contributed by atoms with E-state index < -0.39 is 5.92 Å². The summed E-state index contributed by atoms with van der Waals surface area (Å²) < 4.78 is 5.55. The van der Waals surface area contributed by atoms with Gasteiger partial charge in [0.1, 0.15) is 5.75 Å². The number of carbonyl (C=O) groups is 3. The predicted molar refractivity (Wildman–Crippen MR) is 150 cm³/mol. The van der Waals surface area contributed by atoms with E-state index >= 15 is 0 Å². The summed E-state index contributed by atoms with van der Waals surface area (Å²) in [6.45, 7) is 4.79. The van der Waals surface area contributed by atoms with Crippen LogP contribution in [0.1, 0.15) is 37.3 Å². The third kappa shape index (κ3) is 7.27. The van der Waals surface area contributed by atoms with E-state index in [1.54, 1.807) is 47.4 Å². The van der Waals surface area contributed by atoms with Gasteiger partial charge in [0, 0.05) is 40.9 Å². The lowest BCUT2D eigenvalue weighted by molar-refractivity contribution is -0.126. The number of nitrogens with one attached hydrogen (secondary N) is 2. The number of anilines is 2. The number of benzene rings is 3. The van der Waals surface area contributed by atoms with Crippen LogP contribution in [-0.2, 0) is 20.9 Å². The van der Waals surface area contributed by atoms with Gasteiger partial charge in [0.2, 0.25) is 11.8 Å². The molecule has 4 rings (SSSR count). The molecule has 9 heteroatoms. The smallest absolute Gasteiger partial charge is 0.262 e. The van der Waals surface area contributed by atoms with E-state index in [9.17, 15) is 14.4 Å². The Hall–Kier alpha value is -3.55. The van der Waals surface area contributed by atoms with E-state index in [1.165, 1.54) is 5.56 Å². The zero-order valence-corrected chi connectivity index (χ0v) is 22.7. The Morgan fingerprint density at radius 1 is 1.00 bits per heavy atom. The summed E-state index contributed by atoms with van der Waals surface area (Å²) in [6, 6.07) is 19.8. The minimum absolute atomic E-state index is 0.111. The third-order valence-electron chi connectivity index (χ3n) is 6.27. The highest BCUT2D eigenvalue weighted by atomic mass is 35.5. The molecule has 0 saturated carbocycles. The molecule has 0 bridgehead atoms. The van der Waals surface area contributed by atoms with Gasteiger partial charge in [0.15, 0.2) is 6.61 Å². The Balaban J connectivity index is 1.26. The van der Waals surface area contributed by atoms with Gasteiger partial charge in [-0.1, -0.05) is 61.3 Å². The number of hydrogen-bond acceptors (Lipinski definition) is 4. The van der Waals surface area contributed by atoms with Crippen LogP contribution in [0.3, 0.4) is 0 Å². The molecule has 2 N–H and O–H groups in total. The van der Waals surface area contributed by atoms with Crippen molar-refractivity contribution in [1.82, 2.24) is 5.32 Å². The zero-order chi connectivity index (χ0) is 27.2. The summed E-state index contributed by atoms with van der Waals surface area (Å²) in [5.41, 5.74) is 3.41. The van der Waals surface area contributed by atoms with Crippen LogP contribution < -0.4 is 20.3 Å². The fourth-order valence-corrected chi connectivity index (χ4v) is 4.71. The summed E-state index contributed by atoms with van der Waals surface area (Å²) in [6.07, 6.45) is 0.157. The monoisotopic (exact) mass is 553 g/mol. The Kier molecular flexibility index (Phi) is 8.92. The molecule has 0 aliphatic carbocycles. The number of hydrogen-bond donors (Lipinski definition) is 2. The molecular weight excluding hydrogens is 525 g/mol. The van der Waals surface area contributed by atoms with E-state index in [0.29, 0.717) is 46.2 Å². The molecule has 198 valence electrons. The number of halogens is 2. The summed E-state index contributed by atoms with van der Waals surface area (Å²) in [5.74, 6) is -0.115. The quantitative estimate of drug-likeness (QED) is 0.350. The number of rotatable bonds is 9. The zero-order valence-electron chi connectivity index (χ0n) is 21.2. The van der Waals surface area contributed by atoms with Gasteiger partial charge in [-0.25, -0.2) is 0 Å². The van der Waals surface area contributed by atoms with Crippen molar-refractivity contribution in [3.63, 3.8) is 0 Å². The summed E-state index contributed by atoms with van der Waals surface area (Å²) >= 11 is 11.9. The predicted octanol–water partition coefficient (Wildman–Crippen LogP) is 5.80. The SMILES string of the molecule is CC(C)c1ccc(CNC(=O)[C@H]2CC(=O)N(c3ccc(OCC(=O)Nc4cc(Cl)cc(Cl)c4)cc3)C2)cc1. The van der Waals surface area contributed by atoms with Crippen LogP contribution >= 0.6 is 23.2 Å². The molecule has 0 aromatic heterocycles. The Morgan fingerprint density at radius 3 is 2.29 bits per heavy atom. The molecule has 3 aromatic carbocycles. The highest BCUT2D eigenvalue weighted by Crippen LogP contribution is 2.27. The number of carbonyl (C=O) groups excluding carboxylic acids is 3. The van der Waals surface area contributed by atoms with Crippen molar-refractivity contribution < 1.29 is 19.1 Å². The molecule has 1 aliphatic heterocycles. The first kappa shape index (κ1) is 27.5. The molecule has 1 saturated heterocycles. The van der Waals surface area contributed by atoms with Gasteiger partial charge in [0.05, 0.1) is 5.92 Å². The summed E-state index contributed by atoms with van der Waals surface area (Å²) in [5, 5.41) is 6.45. The second-order valence-corrected chi connectivity index (χ2v) is 10.4. The van der Waals surface area contributed by atoms with E-state index in [4.69, 9.17) is 27.9 Å². The van der Waals surface area contributed by atoms with E-state index in [-0.39, 0.29) is 30.7 Å². The molecule has 38 heavy (non-hydrogen) atoms. The van der Waals surface area contributed by atoms with Gasteiger partial charge in [-0.3, -0.25) is 14.4 Å². The highest BCUT2D eigenvalue weighted by molar-refractivity contribution is 6.35. The second-order valence-electron chi connectivity index (χ2n) is 9.51. The fraction of sp³-hybridized carbons (Fsp3) is 0.276. The maximum atomic E-state index is 12.7. The van der Waals surface area contributed by atoms with Gasteiger partial charge < -0.3 is 20.3 Å². The first-order chi connectivity index (χ1) is 18.2. The van der Waals surface area contributed by atoms with E-state index in [1.807, 2.05) is 12.1 Å².